The largest absolute Gasteiger partial charge is 0.259 e. The Morgan fingerprint density at radius 3 is 2.14 bits per heavy atom. The summed E-state index contributed by atoms with van der Waals surface area (Å²) in [6.45, 7) is 4.42. The third-order valence-corrected chi connectivity index (χ3v) is 4.31. The van der Waals surface area contributed by atoms with Gasteiger partial charge in [-0.05, 0) is 48.6 Å². The normalized spacial score (nSPS) is 12.6. The number of benzene rings is 1. The van der Waals surface area contributed by atoms with Crippen molar-refractivity contribution in [2.24, 2.45) is 5.92 Å². The Hall–Kier alpha value is -1.41. The highest BCUT2D eigenvalue weighted by atomic mass is 35.5. The maximum absolute atomic E-state index is 13.3. The van der Waals surface area contributed by atoms with E-state index in [0.29, 0.717) is 10.9 Å². The molecule has 0 fully saturated rings. The molecule has 1 aromatic carbocycles. The fourth-order valence-electron chi connectivity index (χ4n) is 3.15. The van der Waals surface area contributed by atoms with Crippen molar-refractivity contribution in [1.29, 1.82) is 0 Å². The zero-order valence-corrected chi connectivity index (χ0v) is 14.0. The molecule has 0 saturated carbocycles. The van der Waals surface area contributed by atoms with Gasteiger partial charge in [-0.25, -0.2) is 4.39 Å². The molecule has 1 heterocycles. The number of halogens is 2. The molecule has 0 aliphatic heterocycles. The molecule has 1 atom stereocenters. The van der Waals surface area contributed by atoms with Gasteiger partial charge in [0, 0.05) is 17.8 Å². The van der Waals surface area contributed by atoms with Gasteiger partial charge in [-0.1, -0.05) is 50.4 Å². The molecule has 0 aliphatic carbocycles. The summed E-state index contributed by atoms with van der Waals surface area (Å²) in [5, 5.41) is 0.643. The van der Waals surface area contributed by atoms with Gasteiger partial charge in [0.15, 0.2) is 0 Å². The number of hydrogen-bond donors (Lipinski definition) is 0. The van der Waals surface area contributed by atoms with Crippen molar-refractivity contribution in [3.8, 4) is 0 Å². The average molecular weight is 320 g/mol. The lowest BCUT2D eigenvalue weighted by Gasteiger charge is -2.27. The van der Waals surface area contributed by atoms with Crippen LogP contribution >= 0.6 is 11.6 Å². The zero-order valence-electron chi connectivity index (χ0n) is 13.2. The number of nitrogens with zero attached hydrogens (tertiary/aromatic N) is 1. The second-order valence-electron chi connectivity index (χ2n) is 5.77. The topological polar surface area (TPSA) is 12.9 Å². The fraction of sp³-hybridized carbons (Fsp3) is 0.421. The van der Waals surface area contributed by atoms with E-state index in [1.54, 1.807) is 6.20 Å². The number of pyridine rings is 1. The van der Waals surface area contributed by atoms with Crippen LogP contribution < -0.4 is 0 Å². The van der Waals surface area contributed by atoms with Crippen molar-refractivity contribution in [2.45, 2.75) is 45.4 Å². The van der Waals surface area contributed by atoms with E-state index < -0.39 is 0 Å². The summed E-state index contributed by atoms with van der Waals surface area (Å²) in [4.78, 5) is 4.54. The highest BCUT2D eigenvalue weighted by Gasteiger charge is 2.25. The Bertz CT molecular complexity index is 513. The highest BCUT2D eigenvalue weighted by molar-refractivity contribution is 6.30. The van der Waals surface area contributed by atoms with Crippen LogP contribution in [-0.4, -0.2) is 4.98 Å². The Morgan fingerprint density at radius 2 is 1.64 bits per heavy atom. The van der Waals surface area contributed by atoms with Gasteiger partial charge in [-0.3, -0.25) is 4.98 Å². The van der Waals surface area contributed by atoms with Crippen LogP contribution in [0.5, 0.6) is 0 Å². The van der Waals surface area contributed by atoms with Crippen LogP contribution in [0.25, 0.3) is 0 Å². The molecule has 2 rings (SSSR count). The van der Waals surface area contributed by atoms with E-state index in [1.165, 1.54) is 12.1 Å². The molecule has 0 bridgehead atoms. The van der Waals surface area contributed by atoms with E-state index in [1.807, 2.05) is 24.3 Å². The smallest absolute Gasteiger partial charge is 0.123 e. The summed E-state index contributed by atoms with van der Waals surface area (Å²) < 4.78 is 13.3. The minimum absolute atomic E-state index is 0.192. The molecule has 0 radical (unpaired) electrons. The maximum Gasteiger partial charge on any atom is 0.123 e. The third kappa shape index (κ3) is 4.30. The molecule has 2 aromatic rings. The van der Waals surface area contributed by atoms with Gasteiger partial charge in [0.2, 0.25) is 0 Å². The lowest BCUT2D eigenvalue weighted by Crippen LogP contribution is -2.16. The predicted octanol–water partition coefficient (Wildman–Crippen LogP) is 6.22. The van der Waals surface area contributed by atoms with Gasteiger partial charge in [0.25, 0.3) is 0 Å². The monoisotopic (exact) mass is 319 g/mol. The Morgan fingerprint density at radius 1 is 1.00 bits per heavy atom. The lowest BCUT2D eigenvalue weighted by molar-refractivity contribution is 0.391. The molecule has 118 valence electrons. The Labute approximate surface area is 137 Å². The summed E-state index contributed by atoms with van der Waals surface area (Å²) in [5.41, 5.74) is 2.14. The average Bonchev–Trinajstić information content (AvgIpc) is 2.52. The Kier molecular flexibility index (Phi) is 6.38. The van der Waals surface area contributed by atoms with E-state index in [2.05, 4.69) is 18.8 Å². The summed E-state index contributed by atoms with van der Waals surface area (Å²) >= 11 is 5.97. The van der Waals surface area contributed by atoms with Gasteiger partial charge < -0.3 is 0 Å². The molecular weight excluding hydrogens is 297 g/mol. The first-order valence-corrected chi connectivity index (χ1v) is 8.40. The standard InChI is InChI=1S/C19H23ClFN/c1-3-5-14(6-4-2)19(15-7-10-17(21)11-8-15)18-12-9-16(20)13-22-18/h7-14,19H,3-6H2,1-2H3. The van der Waals surface area contributed by atoms with E-state index >= 15 is 0 Å². The molecule has 1 aromatic heterocycles. The number of hydrogen-bond acceptors (Lipinski definition) is 1. The summed E-state index contributed by atoms with van der Waals surface area (Å²) in [5.74, 6) is 0.501. The van der Waals surface area contributed by atoms with E-state index in [-0.39, 0.29) is 11.7 Å². The van der Waals surface area contributed by atoms with Crippen LogP contribution in [-0.2, 0) is 0 Å². The van der Waals surface area contributed by atoms with Gasteiger partial charge >= 0.3 is 0 Å². The minimum Gasteiger partial charge on any atom is -0.259 e. The predicted molar refractivity (Wildman–Crippen MR) is 90.8 cm³/mol. The molecule has 1 unspecified atom stereocenters. The first-order valence-electron chi connectivity index (χ1n) is 8.02. The first-order chi connectivity index (χ1) is 10.7. The van der Waals surface area contributed by atoms with Crippen LogP contribution in [0, 0.1) is 11.7 Å². The van der Waals surface area contributed by atoms with Crippen molar-refractivity contribution in [1.82, 2.24) is 4.98 Å². The maximum atomic E-state index is 13.3. The molecule has 0 saturated heterocycles. The molecule has 0 N–H and O–H groups in total. The van der Waals surface area contributed by atoms with Crippen molar-refractivity contribution in [3.05, 3.63) is 64.7 Å². The van der Waals surface area contributed by atoms with E-state index in [4.69, 9.17) is 11.6 Å². The van der Waals surface area contributed by atoms with Crippen molar-refractivity contribution in [3.63, 3.8) is 0 Å². The van der Waals surface area contributed by atoms with Crippen molar-refractivity contribution < 1.29 is 4.39 Å². The number of aromatic nitrogens is 1. The van der Waals surface area contributed by atoms with Gasteiger partial charge in [0.1, 0.15) is 5.82 Å². The van der Waals surface area contributed by atoms with Crippen LogP contribution in [0.4, 0.5) is 4.39 Å². The third-order valence-electron chi connectivity index (χ3n) is 4.09. The van der Waals surface area contributed by atoms with Crippen LogP contribution in [0.2, 0.25) is 5.02 Å². The van der Waals surface area contributed by atoms with Gasteiger partial charge in [-0.15, -0.1) is 0 Å². The first kappa shape index (κ1) is 17.0. The molecular formula is C19H23ClFN. The lowest BCUT2D eigenvalue weighted by atomic mass is 9.78. The van der Waals surface area contributed by atoms with Gasteiger partial charge in [0.05, 0.1) is 5.02 Å². The molecule has 0 spiro atoms. The molecule has 3 heteroatoms. The Balaban J connectivity index is 2.42. The summed E-state index contributed by atoms with van der Waals surface area (Å²) in [6.07, 6.45) is 6.24. The van der Waals surface area contributed by atoms with Crippen molar-refractivity contribution >= 4 is 11.6 Å². The minimum atomic E-state index is -0.200. The van der Waals surface area contributed by atoms with Crippen LogP contribution in [0.15, 0.2) is 42.6 Å². The summed E-state index contributed by atoms with van der Waals surface area (Å²) in [7, 11) is 0. The van der Waals surface area contributed by atoms with Crippen molar-refractivity contribution in [2.75, 3.05) is 0 Å². The molecule has 1 nitrogen and oxygen atoms in total. The number of rotatable bonds is 7. The van der Waals surface area contributed by atoms with Gasteiger partial charge in [-0.2, -0.15) is 0 Å². The zero-order chi connectivity index (χ0) is 15.9. The fourth-order valence-corrected chi connectivity index (χ4v) is 3.26. The van der Waals surface area contributed by atoms with Crippen LogP contribution in [0.3, 0.4) is 0 Å². The molecule has 0 aliphatic rings. The summed E-state index contributed by atoms with van der Waals surface area (Å²) in [6, 6.07) is 10.7. The quantitative estimate of drug-likeness (QED) is 0.590. The van der Waals surface area contributed by atoms with E-state index in [9.17, 15) is 4.39 Å². The SMILES string of the molecule is CCCC(CCC)C(c1ccc(F)cc1)c1ccc(Cl)cn1. The van der Waals surface area contributed by atoms with Crippen LogP contribution in [0.1, 0.15) is 56.7 Å². The second-order valence-corrected chi connectivity index (χ2v) is 6.20. The highest BCUT2D eigenvalue weighted by Crippen LogP contribution is 2.36. The molecule has 22 heavy (non-hydrogen) atoms. The molecule has 0 amide bonds. The van der Waals surface area contributed by atoms with E-state index in [0.717, 1.165) is 36.9 Å². The second kappa shape index (κ2) is 8.28.